The van der Waals surface area contributed by atoms with Gasteiger partial charge in [0.1, 0.15) is 11.6 Å². The molecule has 11 heteroatoms. The number of aromatic nitrogens is 1. The van der Waals surface area contributed by atoms with E-state index in [9.17, 15) is 14.4 Å². The Hall–Kier alpha value is -1.77. The summed E-state index contributed by atoms with van der Waals surface area (Å²) < 4.78 is 9.32. The molecule has 0 saturated carbocycles. The number of nitrogen functional groups attached to an aromatic ring is 1. The third kappa shape index (κ3) is 3.18. The molecule has 1 aromatic rings. The number of rotatable bonds is 3. The fourth-order valence-corrected chi connectivity index (χ4v) is 2.15. The maximum Gasteiger partial charge on any atom is 0.416 e. The minimum atomic E-state index is -1.03. The van der Waals surface area contributed by atoms with Crippen LogP contribution < -0.4 is 5.73 Å². The van der Waals surface area contributed by atoms with E-state index < -0.39 is 24.6 Å². The molecule has 0 radical (unpaired) electrons. The van der Waals surface area contributed by atoms with E-state index in [0.29, 0.717) is 0 Å². The smallest absolute Gasteiger partial charge is 0.416 e. The molecule has 1 aromatic heterocycles. The Morgan fingerprint density at radius 2 is 2.00 bits per heavy atom. The molecule has 0 bridgehead atoms. The summed E-state index contributed by atoms with van der Waals surface area (Å²) in [6.45, 7) is -0.505. The van der Waals surface area contributed by atoms with Gasteiger partial charge in [-0.25, -0.2) is 19.5 Å². The molecule has 22 heavy (non-hydrogen) atoms. The van der Waals surface area contributed by atoms with Crippen LogP contribution in [-0.4, -0.2) is 47.6 Å². The van der Waals surface area contributed by atoms with Crippen molar-refractivity contribution in [2.75, 3.05) is 25.5 Å². The van der Waals surface area contributed by atoms with E-state index >= 15 is 0 Å². The van der Waals surface area contributed by atoms with E-state index in [1.807, 2.05) is 0 Å². The normalized spacial score (nSPS) is 14.0. The first kappa shape index (κ1) is 16.6. The summed E-state index contributed by atoms with van der Waals surface area (Å²) in [7, 11) is 0. The lowest BCUT2D eigenvalue weighted by atomic mass is 10.3. The first-order valence-corrected chi connectivity index (χ1v) is 6.90. The van der Waals surface area contributed by atoms with Gasteiger partial charge in [0.15, 0.2) is 17.5 Å². The van der Waals surface area contributed by atoms with Crippen molar-refractivity contribution in [2.24, 2.45) is 0 Å². The maximum absolute atomic E-state index is 11.9. The van der Waals surface area contributed by atoms with E-state index in [1.165, 1.54) is 0 Å². The molecule has 118 valence electrons. The third-order valence-electron chi connectivity index (χ3n) is 2.65. The summed E-state index contributed by atoms with van der Waals surface area (Å²) in [6, 6.07) is 0. The van der Waals surface area contributed by atoms with E-state index in [1.54, 1.807) is 0 Å². The Kier molecular flexibility index (Phi) is 4.94. The average Bonchev–Trinajstić information content (AvgIpc) is 2.92. The zero-order valence-electron chi connectivity index (χ0n) is 10.8. The number of hydrogen-bond donors (Lipinski definition) is 1. The van der Waals surface area contributed by atoms with Gasteiger partial charge >= 0.3 is 12.1 Å². The SMILES string of the molecule is Nc1c(Cl)c(Cl)nc(C(=O)OCC(=O)N2CCOC2=O)c1Cl. The largest absolute Gasteiger partial charge is 0.451 e. The van der Waals surface area contributed by atoms with Gasteiger partial charge in [0, 0.05) is 0 Å². The lowest BCUT2D eigenvalue weighted by molar-refractivity contribution is -0.131. The highest BCUT2D eigenvalue weighted by molar-refractivity contribution is 6.46. The van der Waals surface area contributed by atoms with Gasteiger partial charge in [0.2, 0.25) is 0 Å². The van der Waals surface area contributed by atoms with Crippen molar-refractivity contribution >= 4 is 58.5 Å². The Balaban J connectivity index is 2.07. The van der Waals surface area contributed by atoms with Gasteiger partial charge in [-0.15, -0.1) is 0 Å². The minimum absolute atomic E-state index is 0.0912. The van der Waals surface area contributed by atoms with Gasteiger partial charge in [0.05, 0.1) is 17.3 Å². The molecule has 1 fully saturated rings. The summed E-state index contributed by atoms with van der Waals surface area (Å²) in [6.07, 6.45) is -0.795. The predicted molar refractivity (Wildman–Crippen MR) is 77.0 cm³/mol. The molecular weight excluding hydrogens is 360 g/mol. The van der Waals surface area contributed by atoms with Gasteiger partial charge in [-0.3, -0.25) is 4.79 Å². The van der Waals surface area contributed by atoms with Crippen molar-refractivity contribution in [1.82, 2.24) is 9.88 Å². The topological polar surface area (TPSA) is 112 Å². The van der Waals surface area contributed by atoms with Crippen LogP contribution in [0.2, 0.25) is 15.2 Å². The number of hydrogen-bond acceptors (Lipinski definition) is 7. The van der Waals surface area contributed by atoms with Crippen LogP contribution in [0.4, 0.5) is 10.5 Å². The van der Waals surface area contributed by atoms with E-state index in [2.05, 4.69) is 9.72 Å². The first-order valence-electron chi connectivity index (χ1n) is 5.77. The monoisotopic (exact) mass is 367 g/mol. The maximum atomic E-state index is 11.9. The number of halogens is 3. The molecule has 2 heterocycles. The standard InChI is InChI=1S/C11H8Cl3N3O5/c12-5-7(15)6(13)9(14)16-8(5)10(19)22-3-4(18)17-1-2-21-11(17)20/h1-3H2,(H2,15,16). The Morgan fingerprint density at radius 1 is 1.32 bits per heavy atom. The number of anilines is 1. The minimum Gasteiger partial charge on any atom is -0.451 e. The predicted octanol–water partition coefficient (Wildman–Crippen LogP) is 1.76. The van der Waals surface area contributed by atoms with Crippen LogP contribution in [-0.2, 0) is 14.3 Å². The molecule has 0 aliphatic carbocycles. The highest BCUT2D eigenvalue weighted by Gasteiger charge is 2.29. The third-order valence-corrected chi connectivity index (χ3v) is 3.79. The van der Waals surface area contributed by atoms with Crippen molar-refractivity contribution in [3.05, 3.63) is 20.9 Å². The molecule has 0 atom stereocenters. The average molecular weight is 369 g/mol. The zero-order chi connectivity index (χ0) is 16.4. The highest BCUT2D eigenvalue weighted by atomic mass is 35.5. The van der Waals surface area contributed by atoms with Crippen LogP contribution in [0.1, 0.15) is 10.5 Å². The number of ether oxygens (including phenoxy) is 2. The molecule has 2 N–H and O–H groups in total. The van der Waals surface area contributed by atoms with E-state index in [-0.39, 0.29) is 39.7 Å². The van der Waals surface area contributed by atoms with E-state index in [0.717, 1.165) is 4.90 Å². The van der Waals surface area contributed by atoms with Gasteiger partial charge in [-0.2, -0.15) is 0 Å². The molecule has 1 saturated heterocycles. The van der Waals surface area contributed by atoms with Crippen molar-refractivity contribution < 1.29 is 23.9 Å². The number of cyclic esters (lactones) is 1. The summed E-state index contributed by atoms with van der Waals surface area (Å²) in [5.74, 6) is -1.77. The molecule has 1 aliphatic heterocycles. The number of esters is 1. The van der Waals surface area contributed by atoms with Crippen LogP contribution in [0, 0.1) is 0 Å². The number of imide groups is 1. The second-order valence-electron chi connectivity index (χ2n) is 4.03. The van der Waals surface area contributed by atoms with Crippen molar-refractivity contribution in [1.29, 1.82) is 0 Å². The van der Waals surface area contributed by atoms with Crippen LogP contribution in [0.15, 0.2) is 0 Å². The molecular formula is C11H8Cl3N3O5. The second-order valence-corrected chi connectivity index (χ2v) is 5.14. The molecule has 2 rings (SSSR count). The molecule has 0 unspecified atom stereocenters. The molecule has 2 amide bonds. The lowest BCUT2D eigenvalue weighted by Crippen LogP contribution is -2.35. The van der Waals surface area contributed by atoms with Crippen LogP contribution in [0.25, 0.3) is 0 Å². The summed E-state index contributed by atoms with van der Waals surface area (Å²) >= 11 is 17.2. The van der Waals surface area contributed by atoms with Crippen molar-refractivity contribution in [3.63, 3.8) is 0 Å². The fourth-order valence-electron chi connectivity index (χ4n) is 1.56. The summed E-state index contributed by atoms with van der Waals surface area (Å²) in [4.78, 5) is 39.2. The summed E-state index contributed by atoms with van der Waals surface area (Å²) in [5.41, 5.74) is 5.04. The Bertz CT molecular complexity index is 667. The first-order chi connectivity index (χ1) is 10.3. The molecule has 0 spiro atoms. The van der Waals surface area contributed by atoms with Crippen LogP contribution in [0.5, 0.6) is 0 Å². The summed E-state index contributed by atoms with van der Waals surface area (Å²) in [5, 5.41) is -0.573. The Morgan fingerprint density at radius 3 is 2.59 bits per heavy atom. The van der Waals surface area contributed by atoms with E-state index in [4.69, 9.17) is 45.3 Å². The molecule has 0 aromatic carbocycles. The number of carbonyl (C=O) groups is 3. The van der Waals surface area contributed by atoms with Crippen molar-refractivity contribution in [2.45, 2.75) is 0 Å². The van der Waals surface area contributed by atoms with Gasteiger partial charge in [-0.1, -0.05) is 34.8 Å². The lowest BCUT2D eigenvalue weighted by Gasteiger charge is -2.12. The van der Waals surface area contributed by atoms with Gasteiger partial charge in [-0.05, 0) is 0 Å². The van der Waals surface area contributed by atoms with Crippen LogP contribution >= 0.6 is 34.8 Å². The fraction of sp³-hybridized carbons (Fsp3) is 0.273. The number of pyridine rings is 1. The number of nitrogens with two attached hydrogens (primary N) is 1. The second kappa shape index (κ2) is 6.55. The Labute approximate surface area is 139 Å². The molecule has 8 nitrogen and oxygen atoms in total. The molecule has 1 aliphatic rings. The number of nitrogens with zero attached hydrogens (tertiary/aromatic N) is 2. The number of amides is 2. The number of carbonyl (C=O) groups excluding carboxylic acids is 3. The van der Waals surface area contributed by atoms with Crippen molar-refractivity contribution in [3.8, 4) is 0 Å². The van der Waals surface area contributed by atoms with Crippen LogP contribution in [0.3, 0.4) is 0 Å². The highest BCUT2D eigenvalue weighted by Crippen LogP contribution is 2.34. The van der Waals surface area contributed by atoms with Gasteiger partial charge in [0.25, 0.3) is 5.91 Å². The zero-order valence-corrected chi connectivity index (χ0v) is 13.0. The quantitative estimate of drug-likeness (QED) is 0.639. The van der Waals surface area contributed by atoms with Gasteiger partial charge < -0.3 is 15.2 Å².